The molecule has 0 aliphatic carbocycles. The molecular weight excluding hydrogens is 402 g/mol. The summed E-state index contributed by atoms with van der Waals surface area (Å²) in [6.45, 7) is 10.6. The molecule has 154 valence electrons. The van der Waals surface area contributed by atoms with Crippen molar-refractivity contribution in [1.29, 1.82) is 0 Å². The molecule has 0 aliphatic heterocycles. The lowest BCUT2D eigenvalue weighted by atomic mass is 10.0. The second-order valence-electron chi connectivity index (χ2n) is 6.90. The molecule has 0 atom stereocenters. The van der Waals surface area contributed by atoms with Crippen LogP contribution in [0, 0.1) is 13.8 Å². The van der Waals surface area contributed by atoms with E-state index in [0.717, 1.165) is 44.9 Å². The van der Waals surface area contributed by atoms with Gasteiger partial charge in [0, 0.05) is 17.1 Å². The van der Waals surface area contributed by atoms with E-state index in [1.165, 1.54) is 23.1 Å². The van der Waals surface area contributed by atoms with Crippen molar-refractivity contribution in [3.05, 3.63) is 50.1 Å². The number of para-hydroxylation sites is 1. The largest absolute Gasteiger partial charge is 0.325 e. The van der Waals surface area contributed by atoms with Crippen LogP contribution < -0.4 is 10.9 Å². The molecule has 3 aromatic rings. The Morgan fingerprint density at radius 2 is 1.83 bits per heavy atom. The lowest BCUT2D eigenvalue weighted by Gasteiger charge is -2.15. The topological polar surface area (TPSA) is 64.0 Å². The second-order valence-corrected chi connectivity index (χ2v) is 9.05. The molecule has 0 saturated carbocycles. The van der Waals surface area contributed by atoms with E-state index >= 15 is 0 Å². The van der Waals surface area contributed by atoms with Gasteiger partial charge >= 0.3 is 0 Å². The molecule has 1 N–H and O–H groups in total. The average molecular weight is 430 g/mol. The van der Waals surface area contributed by atoms with Crippen molar-refractivity contribution < 1.29 is 4.79 Å². The first kappa shape index (κ1) is 21.6. The highest BCUT2D eigenvalue weighted by Crippen LogP contribution is 2.29. The number of thiophene rings is 1. The summed E-state index contributed by atoms with van der Waals surface area (Å²) in [5.41, 5.74) is 4.17. The molecule has 0 radical (unpaired) electrons. The van der Waals surface area contributed by atoms with Crippen LogP contribution in [0.1, 0.15) is 42.3 Å². The molecule has 29 heavy (non-hydrogen) atoms. The van der Waals surface area contributed by atoms with Crippen LogP contribution in [0.25, 0.3) is 10.2 Å². The van der Waals surface area contributed by atoms with Gasteiger partial charge in [0.15, 0.2) is 5.16 Å². The highest BCUT2D eigenvalue weighted by Gasteiger charge is 2.17. The van der Waals surface area contributed by atoms with Crippen molar-refractivity contribution in [3.63, 3.8) is 0 Å². The Morgan fingerprint density at radius 1 is 1.17 bits per heavy atom. The number of aromatic nitrogens is 2. The standard InChI is InChI=1S/C22H27N3O2S2/c1-6-15-10-9-11-16(7-2)19(15)23-17(26)12-28-22-24-20-18(13(4)14(5)29-20)21(27)25(22)8-3/h9-11H,6-8,12H2,1-5H3,(H,23,26). The van der Waals surface area contributed by atoms with E-state index in [2.05, 4.69) is 19.2 Å². The summed E-state index contributed by atoms with van der Waals surface area (Å²) in [5, 5.41) is 4.38. The summed E-state index contributed by atoms with van der Waals surface area (Å²) in [4.78, 5) is 32.2. The number of amides is 1. The third-order valence-electron chi connectivity index (χ3n) is 5.17. The van der Waals surface area contributed by atoms with Crippen molar-refractivity contribution in [2.45, 2.75) is 59.2 Å². The summed E-state index contributed by atoms with van der Waals surface area (Å²) in [7, 11) is 0. The fourth-order valence-electron chi connectivity index (χ4n) is 3.41. The van der Waals surface area contributed by atoms with E-state index < -0.39 is 0 Å². The SMILES string of the molecule is CCc1cccc(CC)c1NC(=O)CSc1nc2sc(C)c(C)c2c(=O)n1CC. The Bertz CT molecular complexity index is 1090. The van der Waals surface area contributed by atoms with E-state index in [4.69, 9.17) is 4.98 Å². The predicted molar refractivity (Wildman–Crippen MR) is 124 cm³/mol. The highest BCUT2D eigenvalue weighted by molar-refractivity contribution is 7.99. The Hall–Kier alpha value is -2.12. The van der Waals surface area contributed by atoms with E-state index in [-0.39, 0.29) is 17.2 Å². The second kappa shape index (κ2) is 9.13. The molecule has 1 aromatic carbocycles. The fraction of sp³-hybridized carbons (Fsp3) is 0.409. The van der Waals surface area contributed by atoms with E-state index in [0.29, 0.717) is 17.1 Å². The van der Waals surface area contributed by atoms with Gasteiger partial charge < -0.3 is 5.32 Å². The minimum atomic E-state index is -0.0823. The maximum atomic E-state index is 12.9. The van der Waals surface area contributed by atoms with Crippen LogP contribution in [0.3, 0.4) is 0 Å². The van der Waals surface area contributed by atoms with Gasteiger partial charge in [0.05, 0.1) is 11.1 Å². The Balaban J connectivity index is 1.84. The molecule has 1 amide bonds. The van der Waals surface area contributed by atoms with Gasteiger partial charge in [-0.1, -0.05) is 43.8 Å². The van der Waals surface area contributed by atoms with E-state index in [1.54, 1.807) is 4.57 Å². The van der Waals surface area contributed by atoms with E-state index in [1.807, 2.05) is 39.0 Å². The van der Waals surface area contributed by atoms with Gasteiger partial charge in [-0.3, -0.25) is 14.2 Å². The predicted octanol–water partition coefficient (Wildman–Crippen LogP) is 4.95. The fourth-order valence-corrected chi connectivity index (χ4v) is 5.34. The number of thioether (sulfide) groups is 1. The monoisotopic (exact) mass is 429 g/mol. The van der Waals surface area contributed by atoms with Gasteiger partial charge in [0.1, 0.15) is 4.83 Å². The molecule has 0 spiro atoms. The number of carbonyl (C=O) groups is 1. The number of aryl methyl sites for hydroxylation is 4. The van der Waals surface area contributed by atoms with Crippen molar-refractivity contribution >= 4 is 44.9 Å². The van der Waals surface area contributed by atoms with Crippen LogP contribution >= 0.6 is 23.1 Å². The van der Waals surface area contributed by atoms with Crippen LogP contribution in [0.5, 0.6) is 0 Å². The molecule has 2 heterocycles. The molecular formula is C22H27N3O2S2. The summed E-state index contributed by atoms with van der Waals surface area (Å²) in [5.74, 6) is 0.129. The average Bonchev–Trinajstić information content (AvgIpc) is 3.00. The van der Waals surface area contributed by atoms with Gasteiger partial charge in [-0.15, -0.1) is 11.3 Å². The van der Waals surface area contributed by atoms with Crippen molar-refractivity contribution in [1.82, 2.24) is 9.55 Å². The minimum absolute atomic E-state index is 0.0214. The normalized spacial score (nSPS) is 11.2. The first-order chi connectivity index (χ1) is 13.9. The first-order valence-corrected chi connectivity index (χ1v) is 11.7. The molecule has 0 unspecified atom stereocenters. The van der Waals surface area contributed by atoms with Crippen molar-refractivity contribution in [3.8, 4) is 0 Å². The third-order valence-corrected chi connectivity index (χ3v) is 7.24. The minimum Gasteiger partial charge on any atom is -0.325 e. The smallest absolute Gasteiger partial charge is 0.263 e. The third kappa shape index (κ3) is 4.26. The first-order valence-electron chi connectivity index (χ1n) is 9.95. The number of fused-ring (bicyclic) bond motifs is 1. The van der Waals surface area contributed by atoms with Gasteiger partial charge in [-0.25, -0.2) is 4.98 Å². The lowest BCUT2D eigenvalue weighted by molar-refractivity contribution is -0.113. The molecule has 5 nitrogen and oxygen atoms in total. The number of hydrogen-bond donors (Lipinski definition) is 1. The van der Waals surface area contributed by atoms with Crippen molar-refractivity contribution in [2.24, 2.45) is 0 Å². The van der Waals surface area contributed by atoms with E-state index in [9.17, 15) is 9.59 Å². The molecule has 3 rings (SSSR count). The summed E-state index contributed by atoms with van der Waals surface area (Å²) >= 11 is 2.85. The zero-order valence-electron chi connectivity index (χ0n) is 17.6. The number of anilines is 1. The van der Waals surface area contributed by atoms with Crippen LogP contribution in [-0.2, 0) is 24.2 Å². The van der Waals surface area contributed by atoms with Gasteiger partial charge in [-0.2, -0.15) is 0 Å². The number of nitrogens with one attached hydrogen (secondary N) is 1. The molecule has 7 heteroatoms. The zero-order chi connectivity index (χ0) is 21.1. The van der Waals surface area contributed by atoms with Crippen molar-refractivity contribution in [2.75, 3.05) is 11.1 Å². The molecule has 0 aliphatic rings. The number of nitrogens with zero attached hydrogens (tertiary/aromatic N) is 2. The summed E-state index contributed by atoms with van der Waals surface area (Å²) in [6.07, 6.45) is 1.72. The van der Waals surface area contributed by atoms with Crippen LogP contribution in [0.15, 0.2) is 28.2 Å². The van der Waals surface area contributed by atoms with Crippen LogP contribution in [0.2, 0.25) is 0 Å². The molecule has 0 bridgehead atoms. The molecule has 0 saturated heterocycles. The molecule has 0 fully saturated rings. The maximum absolute atomic E-state index is 12.9. The maximum Gasteiger partial charge on any atom is 0.263 e. The zero-order valence-corrected chi connectivity index (χ0v) is 19.2. The van der Waals surface area contributed by atoms with Gasteiger partial charge in [0.25, 0.3) is 5.56 Å². The van der Waals surface area contributed by atoms with Gasteiger partial charge in [-0.05, 0) is 50.3 Å². The highest BCUT2D eigenvalue weighted by atomic mass is 32.2. The quantitative estimate of drug-likeness (QED) is 0.426. The van der Waals surface area contributed by atoms with Crippen LogP contribution in [0.4, 0.5) is 5.69 Å². The number of hydrogen-bond acceptors (Lipinski definition) is 5. The Labute approximate surface area is 179 Å². The van der Waals surface area contributed by atoms with Gasteiger partial charge in [0.2, 0.25) is 5.91 Å². The molecule has 2 aromatic heterocycles. The summed E-state index contributed by atoms with van der Waals surface area (Å²) in [6, 6.07) is 6.13. The number of benzene rings is 1. The lowest BCUT2D eigenvalue weighted by Crippen LogP contribution is -2.23. The Morgan fingerprint density at radius 3 is 2.41 bits per heavy atom. The number of carbonyl (C=O) groups excluding carboxylic acids is 1. The number of rotatable bonds is 7. The Kier molecular flexibility index (Phi) is 6.80. The van der Waals surface area contributed by atoms with Crippen LogP contribution in [-0.4, -0.2) is 21.2 Å². The summed E-state index contributed by atoms with van der Waals surface area (Å²) < 4.78 is 1.66.